The van der Waals surface area contributed by atoms with Crippen molar-refractivity contribution in [3.63, 3.8) is 0 Å². The summed E-state index contributed by atoms with van der Waals surface area (Å²) < 4.78 is 1.86. The van der Waals surface area contributed by atoms with Crippen molar-refractivity contribution in [3.8, 4) is 11.1 Å². The van der Waals surface area contributed by atoms with Gasteiger partial charge < -0.3 is 4.57 Å². The lowest BCUT2D eigenvalue weighted by molar-refractivity contribution is 0.896. The molecule has 0 atom stereocenters. The van der Waals surface area contributed by atoms with Gasteiger partial charge in [0.1, 0.15) is 0 Å². The van der Waals surface area contributed by atoms with Crippen molar-refractivity contribution in [2.45, 2.75) is 5.92 Å². The second-order valence-electron chi connectivity index (χ2n) is 4.26. The molecular formula is C14H12N2O. The third kappa shape index (κ3) is 1.69. The summed E-state index contributed by atoms with van der Waals surface area (Å²) in [4.78, 5) is 16.1. The number of pyridine rings is 2. The molecule has 2 aliphatic heterocycles. The quantitative estimate of drug-likeness (QED) is 0.743. The van der Waals surface area contributed by atoms with E-state index in [1.807, 2.05) is 60.4 Å². The molecule has 0 aromatic heterocycles. The van der Waals surface area contributed by atoms with Gasteiger partial charge >= 0.3 is 0 Å². The summed E-state index contributed by atoms with van der Waals surface area (Å²) in [6, 6.07) is 3.94. The van der Waals surface area contributed by atoms with Crippen LogP contribution in [0.5, 0.6) is 0 Å². The SMILES string of the molecule is Cn1ccc2cc(C3C=CC=C3)nc(=O)c-2c1. The molecule has 3 aliphatic rings. The minimum atomic E-state index is -0.151. The molecular weight excluding hydrogens is 212 g/mol. The van der Waals surface area contributed by atoms with Gasteiger partial charge in [-0.25, -0.2) is 4.98 Å². The van der Waals surface area contributed by atoms with Crippen LogP contribution in [0.2, 0.25) is 0 Å². The second kappa shape index (κ2) is 3.70. The summed E-state index contributed by atoms with van der Waals surface area (Å²) >= 11 is 0. The van der Waals surface area contributed by atoms with Gasteiger partial charge in [-0.15, -0.1) is 0 Å². The van der Waals surface area contributed by atoms with Crippen LogP contribution in [0.25, 0.3) is 11.1 Å². The molecule has 3 rings (SSSR count). The van der Waals surface area contributed by atoms with Crippen LogP contribution in [0.15, 0.2) is 53.6 Å². The fourth-order valence-electron chi connectivity index (χ4n) is 2.08. The number of aryl methyl sites for hydroxylation is 1. The first-order valence-corrected chi connectivity index (χ1v) is 5.56. The van der Waals surface area contributed by atoms with Crippen LogP contribution in [0.4, 0.5) is 0 Å². The van der Waals surface area contributed by atoms with E-state index < -0.39 is 0 Å². The van der Waals surface area contributed by atoms with E-state index in [1.54, 1.807) is 0 Å². The van der Waals surface area contributed by atoms with Gasteiger partial charge in [-0.2, -0.15) is 0 Å². The molecule has 17 heavy (non-hydrogen) atoms. The van der Waals surface area contributed by atoms with E-state index in [1.165, 1.54) is 0 Å². The average Bonchev–Trinajstić information content (AvgIpc) is 2.83. The molecule has 1 aliphatic carbocycles. The predicted molar refractivity (Wildman–Crippen MR) is 67.1 cm³/mol. The number of fused-ring (bicyclic) bond motifs is 1. The number of allylic oxidation sites excluding steroid dienone is 4. The smallest absolute Gasteiger partial charge is 0.279 e. The standard InChI is InChI=1S/C14H12N2O/c1-16-7-6-11-8-13(10-4-2-3-5-10)15-14(17)12(11)9-16/h2-10H,1H3. The highest BCUT2D eigenvalue weighted by molar-refractivity contribution is 5.63. The lowest BCUT2D eigenvalue weighted by Crippen LogP contribution is -2.15. The van der Waals surface area contributed by atoms with Crippen molar-refractivity contribution >= 4 is 0 Å². The maximum Gasteiger partial charge on any atom is 0.279 e. The van der Waals surface area contributed by atoms with E-state index in [4.69, 9.17) is 0 Å². The van der Waals surface area contributed by atoms with E-state index in [-0.39, 0.29) is 11.5 Å². The van der Waals surface area contributed by atoms with Crippen LogP contribution in [0.1, 0.15) is 11.6 Å². The molecule has 3 nitrogen and oxygen atoms in total. The largest absolute Gasteiger partial charge is 0.356 e. The Labute approximate surface area is 99.1 Å². The Morgan fingerprint density at radius 2 is 2.06 bits per heavy atom. The molecule has 0 saturated heterocycles. The van der Waals surface area contributed by atoms with Gasteiger partial charge in [-0.1, -0.05) is 24.3 Å². The Morgan fingerprint density at radius 1 is 1.29 bits per heavy atom. The van der Waals surface area contributed by atoms with E-state index in [9.17, 15) is 4.79 Å². The highest BCUT2D eigenvalue weighted by atomic mass is 16.1. The topological polar surface area (TPSA) is 34.9 Å². The van der Waals surface area contributed by atoms with Crippen LogP contribution in [0.3, 0.4) is 0 Å². The van der Waals surface area contributed by atoms with Gasteiger partial charge in [0.2, 0.25) is 0 Å². The molecule has 3 heteroatoms. The monoisotopic (exact) mass is 224 g/mol. The van der Waals surface area contributed by atoms with Crippen LogP contribution in [0, 0.1) is 0 Å². The molecule has 0 saturated carbocycles. The summed E-state index contributed by atoms with van der Waals surface area (Å²) in [7, 11) is 1.90. The number of hydrogen-bond acceptors (Lipinski definition) is 2. The average molecular weight is 224 g/mol. The number of hydrogen-bond donors (Lipinski definition) is 0. The lowest BCUT2D eigenvalue weighted by Gasteiger charge is -2.10. The van der Waals surface area contributed by atoms with Crippen molar-refractivity contribution in [3.05, 3.63) is 64.9 Å². The Kier molecular flexibility index (Phi) is 2.18. The van der Waals surface area contributed by atoms with Gasteiger partial charge in [-0.05, 0) is 17.7 Å². The van der Waals surface area contributed by atoms with Crippen molar-refractivity contribution < 1.29 is 0 Å². The first kappa shape index (κ1) is 10.0. The zero-order chi connectivity index (χ0) is 11.8. The van der Waals surface area contributed by atoms with Crippen molar-refractivity contribution in [2.75, 3.05) is 0 Å². The van der Waals surface area contributed by atoms with Gasteiger partial charge in [0.05, 0.1) is 11.3 Å². The zero-order valence-corrected chi connectivity index (χ0v) is 9.50. The van der Waals surface area contributed by atoms with Gasteiger partial charge in [0.25, 0.3) is 5.56 Å². The Hall–Kier alpha value is -2.16. The van der Waals surface area contributed by atoms with E-state index >= 15 is 0 Å². The van der Waals surface area contributed by atoms with Crippen LogP contribution in [-0.2, 0) is 7.05 Å². The molecule has 2 heterocycles. The van der Waals surface area contributed by atoms with Crippen molar-refractivity contribution in [2.24, 2.45) is 7.05 Å². The molecule has 0 N–H and O–H groups in total. The summed E-state index contributed by atoms with van der Waals surface area (Å²) in [6.45, 7) is 0. The van der Waals surface area contributed by atoms with Gasteiger partial charge in [0, 0.05) is 25.4 Å². The van der Waals surface area contributed by atoms with E-state index in [2.05, 4.69) is 4.98 Å². The second-order valence-corrected chi connectivity index (χ2v) is 4.26. The molecule has 0 spiro atoms. The maximum absolute atomic E-state index is 11.9. The Morgan fingerprint density at radius 3 is 2.82 bits per heavy atom. The molecule has 0 aromatic rings. The predicted octanol–water partition coefficient (Wildman–Crippen LogP) is 2.09. The first-order valence-electron chi connectivity index (χ1n) is 5.56. The van der Waals surface area contributed by atoms with E-state index in [0.29, 0.717) is 5.56 Å². The van der Waals surface area contributed by atoms with Crippen LogP contribution >= 0.6 is 0 Å². The zero-order valence-electron chi connectivity index (χ0n) is 9.50. The molecule has 0 fully saturated rings. The number of aromatic nitrogens is 2. The van der Waals surface area contributed by atoms with Crippen molar-refractivity contribution in [1.29, 1.82) is 0 Å². The maximum atomic E-state index is 11.9. The molecule has 0 unspecified atom stereocenters. The van der Waals surface area contributed by atoms with Crippen LogP contribution in [-0.4, -0.2) is 9.55 Å². The van der Waals surface area contributed by atoms with Gasteiger partial charge in [0.15, 0.2) is 0 Å². The number of rotatable bonds is 1. The molecule has 0 radical (unpaired) electrons. The molecule has 0 aromatic carbocycles. The fourth-order valence-corrected chi connectivity index (χ4v) is 2.08. The summed E-state index contributed by atoms with van der Waals surface area (Å²) in [6.07, 6.45) is 11.8. The van der Waals surface area contributed by atoms with Gasteiger partial charge in [-0.3, -0.25) is 4.79 Å². The third-order valence-corrected chi connectivity index (χ3v) is 2.99. The summed E-state index contributed by atoms with van der Waals surface area (Å²) in [5.74, 6) is 0.140. The minimum Gasteiger partial charge on any atom is -0.356 e. The highest BCUT2D eigenvalue weighted by Crippen LogP contribution is 2.24. The van der Waals surface area contributed by atoms with Crippen molar-refractivity contribution in [1.82, 2.24) is 9.55 Å². The Bertz CT molecular complexity index is 640. The van der Waals surface area contributed by atoms with Crippen LogP contribution < -0.4 is 5.56 Å². The minimum absolute atomic E-state index is 0.140. The molecule has 0 amide bonds. The fraction of sp³-hybridized carbons (Fsp3) is 0.143. The summed E-state index contributed by atoms with van der Waals surface area (Å²) in [5, 5.41) is 0. The Balaban J connectivity index is 2.21. The lowest BCUT2D eigenvalue weighted by atomic mass is 10.0. The normalized spacial score (nSPS) is 14.9. The molecule has 84 valence electrons. The third-order valence-electron chi connectivity index (χ3n) is 2.99. The summed E-state index contributed by atoms with van der Waals surface area (Å²) in [5.41, 5.74) is 2.29. The highest BCUT2D eigenvalue weighted by Gasteiger charge is 2.14. The van der Waals surface area contributed by atoms with E-state index in [0.717, 1.165) is 11.3 Å². The molecule has 0 bridgehead atoms. The number of nitrogens with zero attached hydrogens (tertiary/aromatic N) is 2. The first-order chi connectivity index (χ1) is 8.24.